The number of hydrogen-bond donors (Lipinski definition) is 2. The first-order valence-corrected chi connectivity index (χ1v) is 6.93. The van der Waals surface area contributed by atoms with Gasteiger partial charge in [0.1, 0.15) is 5.54 Å². The van der Waals surface area contributed by atoms with Crippen LogP contribution in [0.4, 0.5) is 0 Å². The number of quaternary nitrogens is 1. The molecule has 1 fully saturated rings. The lowest BCUT2D eigenvalue weighted by Gasteiger charge is -2.30. The van der Waals surface area contributed by atoms with E-state index < -0.39 is 5.54 Å². The largest absolute Gasteiger partial charge is 0.333 e. The lowest BCUT2D eigenvalue weighted by atomic mass is 9.90. The molecule has 0 bridgehead atoms. The highest BCUT2D eigenvalue weighted by molar-refractivity contribution is 5.78. The number of carbonyl (C=O) groups is 1. The Bertz CT molecular complexity index is 326. The Morgan fingerprint density at radius 1 is 1.50 bits per heavy atom. The zero-order chi connectivity index (χ0) is 13.8. The smallest absolute Gasteiger partial charge is 0.276 e. The summed E-state index contributed by atoms with van der Waals surface area (Å²) in [5.74, 6) is 0.900. The van der Waals surface area contributed by atoms with Gasteiger partial charge in [-0.1, -0.05) is 20.8 Å². The molecule has 0 aliphatic carbocycles. The quantitative estimate of drug-likeness (QED) is 0.759. The second-order valence-corrected chi connectivity index (χ2v) is 6.13. The van der Waals surface area contributed by atoms with E-state index in [1.54, 1.807) is 6.92 Å². The van der Waals surface area contributed by atoms with E-state index >= 15 is 0 Å². The van der Waals surface area contributed by atoms with Gasteiger partial charge in [0.05, 0.1) is 19.2 Å². The fourth-order valence-electron chi connectivity index (χ4n) is 2.21. The third kappa shape index (κ3) is 3.99. The number of nitriles is 1. The van der Waals surface area contributed by atoms with Crippen LogP contribution in [0, 0.1) is 23.2 Å². The number of amides is 1. The van der Waals surface area contributed by atoms with Crippen molar-refractivity contribution in [3.8, 4) is 6.07 Å². The number of piperidine rings is 1. The van der Waals surface area contributed by atoms with Crippen molar-refractivity contribution in [3.63, 3.8) is 0 Å². The summed E-state index contributed by atoms with van der Waals surface area (Å²) in [7, 11) is 0. The Morgan fingerprint density at radius 2 is 2.06 bits per heavy atom. The van der Waals surface area contributed by atoms with Crippen LogP contribution in [0.3, 0.4) is 0 Å². The van der Waals surface area contributed by atoms with Crippen LogP contribution in [-0.2, 0) is 4.79 Å². The van der Waals surface area contributed by atoms with Gasteiger partial charge >= 0.3 is 0 Å². The van der Waals surface area contributed by atoms with Crippen molar-refractivity contribution >= 4 is 5.91 Å². The number of hydrogen-bond acceptors (Lipinski definition) is 2. The second-order valence-electron chi connectivity index (χ2n) is 6.13. The maximum Gasteiger partial charge on any atom is 0.276 e. The van der Waals surface area contributed by atoms with Crippen molar-refractivity contribution in [2.24, 2.45) is 11.8 Å². The molecule has 4 nitrogen and oxygen atoms in total. The van der Waals surface area contributed by atoms with Crippen LogP contribution in [0.25, 0.3) is 0 Å². The predicted octanol–water partition coefficient (Wildman–Crippen LogP) is 0.356. The monoisotopic (exact) mass is 252 g/mol. The molecule has 1 atom stereocenters. The first-order valence-electron chi connectivity index (χ1n) is 6.93. The number of carbonyl (C=O) groups excluding carboxylic acids is 1. The van der Waals surface area contributed by atoms with Gasteiger partial charge < -0.3 is 10.2 Å². The van der Waals surface area contributed by atoms with E-state index in [9.17, 15) is 10.1 Å². The molecule has 0 aromatic heterocycles. The number of rotatable bonds is 4. The highest BCUT2D eigenvalue weighted by atomic mass is 16.2. The van der Waals surface area contributed by atoms with Crippen molar-refractivity contribution in [1.29, 1.82) is 5.26 Å². The molecule has 18 heavy (non-hydrogen) atoms. The van der Waals surface area contributed by atoms with Gasteiger partial charge in [-0.2, -0.15) is 5.26 Å². The second kappa shape index (κ2) is 6.19. The molecule has 1 aliphatic heterocycles. The highest BCUT2D eigenvalue weighted by Crippen LogP contribution is 2.14. The fourth-order valence-corrected chi connectivity index (χ4v) is 2.21. The molecule has 0 radical (unpaired) electrons. The molecule has 0 unspecified atom stereocenters. The van der Waals surface area contributed by atoms with Crippen LogP contribution in [0.5, 0.6) is 0 Å². The van der Waals surface area contributed by atoms with E-state index in [4.69, 9.17) is 0 Å². The summed E-state index contributed by atoms with van der Waals surface area (Å²) in [6, 6.07) is 2.21. The molecule has 1 saturated heterocycles. The van der Waals surface area contributed by atoms with E-state index in [-0.39, 0.29) is 11.8 Å². The third-order valence-corrected chi connectivity index (χ3v) is 4.18. The standard InChI is InChI=1S/C14H25N3O/c1-11(2)14(4,10-15)16-13(18)9-17-7-5-12(3)6-8-17/h11-12H,5-9H2,1-4H3,(H,16,18)/p+1/t14-/m0/s1. The van der Waals surface area contributed by atoms with Crippen molar-refractivity contribution < 1.29 is 9.69 Å². The van der Waals surface area contributed by atoms with E-state index in [1.807, 2.05) is 13.8 Å². The minimum Gasteiger partial charge on any atom is -0.333 e. The van der Waals surface area contributed by atoms with Crippen LogP contribution in [0.2, 0.25) is 0 Å². The Labute approximate surface area is 110 Å². The summed E-state index contributed by atoms with van der Waals surface area (Å²) >= 11 is 0. The maximum absolute atomic E-state index is 12.0. The summed E-state index contributed by atoms with van der Waals surface area (Å²) in [5.41, 5.74) is -0.750. The Kier molecular flexibility index (Phi) is 5.15. The fraction of sp³-hybridized carbons (Fsp3) is 0.857. The van der Waals surface area contributed by atoms with Crippen molar-refractivity contribution in [3.05, 3.63) is 0 Å². The first-order chi connectivity index (χ1) is 8.37. The topological polar surface area (TPSA) is 57.3 Å². The molecule has 1 amide bonds. The van der Waals surface area contributed by atoms with Crippen molar-refractivity contribution in [1.82, 2.24) is 5.32 Å². The lowest BCUT2D eigenvalue weighted by Crippen LogP contribution is -3.14. The van der Waals surface area contributed by atoms with Gasteiger partial charge in [0.25, 0.3) is 5.91 Å². The zero-order valence-corrected chi connectivity index (χ0v) is 12.0. The van der Waals surface area contributed by atoms with Gasteiger partial charge in [0.15, 0.2) is 6.54 Å². The molecule has 4 heteroatoms. The number of nitrogens with one attached hydrogen (secondary N) is 2. The maximum atomic E-state index is 12.0. The predicted molar refractivity (Wildman–Crippen MR) is 71.0 cm³/mol. The van der Waals surface area contributed by atoms with Crippen LogP contribution in [0.15, 0.2) is 0 Å². The molecule has 0 aromatic rings. The van der Waals surface area contributed by atoms with E-state index in [0.29, 0.717) is 6.54 Å². The summed E-state index contributed by atoms with van der Waals surface area (Å²) in [6.07, 6.45) is 2.39. The number of likely N-dealkylation sites (tertiary alicyclic amines) is 1. The average molecular weight is 252 g/mol. The van der Waals surface area contributed by atoms with E-state index in [0.717, 1.165) is 19.0 Å². The van der Waals surface area contributed by atoms with Crippen molar-refractivity contribution in [2.45, 2.75) is 46.1 Å². The van der Waals surface area contributed by atoms with Gasteiger partial charge in [0, 0.05) is 0 Å². The minimum absolute atomic E-state index is 0.00250. The lowest BCUT2D eigenvalue weighted by molar-refractivity contribution is -0.898. The molecule has 0 saturated carbocycles. The normalized spacial score (nSPS) is 27.3. The Balaban J connectivity index is 2.44. The first kappa shape index (κ1) is 15.0. The molecule has 0 aromatic carbocycles. The Morgan fingerprint density at radius 3 is 2.50 bits per heavy atom. The molecular formula is C14H26N3O+. The summed E-state index contributed by atoms with van der Waals surface area (Å²) < 4.78 is 0. The number of nitrogens with zero attached hydrogens (tertiary/aromatic N) is 1. The molecular weight excluding hydrogens is 226 g/mol. The van der Waals surface area contributed by atoms with Gasteiger partial charge in [-0.05, 0) is 31.6 Å². The summed E-state index contributed by atoms with van der Waals surface area (Å²) in [4.78, 5) is 13.3. The van der Waals surface area contributed by atoms with Crippen LogP contribution < -0.4 is 10.2 Å². The molecule has 1 heterocycles. The molecule has 1 aliphatic rings. The molecule has 0 spiro atoms. The van der Waals surface area contributed by atoms with Gasteiger partial charge in [-0.15, -0.1) is 0 Å². The third-order valence-electron chi connectivity index (χ3n) is 4.18. The summed E-state index contributed by atoms with van der Waals surface area (Å²) in [5, 5.41) is 12.1. The molecule has 1 rings (SSSR count). The van der Waals surface area contributed by atoms with Gasteiger partial charge in [-0.25, -0.2) is 0 Å². The van der Waals surface area contributed by atoms with Crippen LogP contribution >= 0.6 is 0 Å². The van der Waals surface area contributed by atoms with Crippen molar-refractivity contribution in [2.75, 3.05) is 19.6 Å². The SMILES string of the molecule is CC1CC[NH+](CC(=O)N[C@@](C)(C#N)C(C)C)CC1. The minimum atomic E-state index is -0.750. The molecule has 2 N–H and O–H groups in total. The van der Waals surface area contributed by atoms with E-state index in [1.165, 1.54) is 17.7 Å². The average Bonchev–Trinajstić information content (AvgIpc) is 2.31. The van der Waals surface area contributed by atoms with Gasteiger partial charge in [0.2, 0.25) is 0 Å². The Hall–Kier alpha value is -1.08. The highest BCUT2D eigenvalue weighted by Gasteiger charge is 2.31. The van der Waals surface area contributed by atoms with Gasteiger partial charge in [-0.3, -0.25) is 4.79 Å². The summed E-state index contributed by atoms with van der Waals surface area (Å²) in [6.45, 7) is 10.6. The molecule has 102 valence electrons. The van der Waals surface area contributed by atoms with Crippen LogP contribution in [0.1, 0.15) is 40.5 Å². The van der Waals surface area contributed by atoms with E-state index in [2.05, 4.69) is 18.3 Å². The van der Waals surface area contributed by atoms with Crippen LogP contribution in [-0.4, -0.2) is 31.1 Å². The zero-order valence-electron chi connectivity index (χ0n) is 12.0.